The van der Waals surface area contributed by atoms with Crippen LogP contribution >= 0.6 is 0 Å². The number of carbonyl (C=O) groups is 1. The third kappa shape index (κ3) is 3.07. The number of nitrogens with zero attached hydrogens (tertiary/aromatic N) is 4. The fourth-order valence-electron chi connectivity index (χ4n) is 3.67. The van der Waals surface area contributed by atoms with Gasteiger partial charge < -0.3 is 14.6 Å². The average molecular weight is 394 g/mol. The molecule has 0 bridgehead atoms. The summed E-state index contributed by atoms with van der Waals surface area (Å²) in [5.41, 5.74) is -1.16. The van der Waals surface area contributed by atoms with E-state index in [9.17, 15) is 23.1 Å². The van der Waals surface area contributed by atoms with Crippen LogP contribution < -0.4 is 0 Å². The molecule has 3 heterocycles. The summed E-state index contributed by atoms with van der Waals surface area (Å²) in [6.07, 6.45) is 0.224. The van der Waals surface area contributed by atoms with E-state index in [1.54, 1.807) is 30.2 Å². The number of alkyl halides is 3. The molecule has 1 fully saturated rings. The number of hydrogen-bond donors (Lipinski definition) is 1. The van der Waals surface area contributed by atoms with Gasteiger partial charge in [0.1, 0.15) is 0 Å². The maximum atomic E-state index is 13.3. The molecule has 0 spiro atoms. The van der Waals surface area contributed by atoms with Gasteiger partial charge in [0.25, 0.3) is 5.91 Å². The van der Waals surface area contributed by atoms with Crippen LogP contribution in [0.3, 0.4) is 0 Å². The van der Waals surface area contributed by atoms with Gasteiger partial charge in [-0.3, -0.25) is 9.78 Å². The van der Waals surface area contributed by atoms with Crippen molar-refractivity contribution in [2.75, 3.05) is 6.54 Å². The summed E-state index contributed by atoms with van der Waals surface area (Å²) < 4.78 is 41.2. The second-order valence-corrected chi connectivity index (χ2v) is 7.79. The molecular weight excluding hydrogens is 373 g/mol. The van der Waals surface area contributed by atoms with Crippen molar-refractivity contribution in [2.45, 2.75) is 57.0 Å². The Balaban J connectivity index is 1.61. The summed E-state index contributed by atoms with van der Waals surface area (Å²) >= 11 is 0. The highest BCUT2D eigenvalue weighted by Crippen LogP contribution is 2.41. The summed E-state index contributed by atoms with van der Waals surface area (Å²) in [5.74, 6) is -0.219. The standard InChI is InChI=1S/C19H21F3N4O2/c1-11-9-25(16(27)13-5-6-23-15(7-13)12-3-4-12)10-14-8-24-17(26(11)14)18(2,28)19(20,21)22/h5-8,11-12,28H,3-4,9-10H2,1-2H3/t11-,18+/m0/s1. The van der Waals surface area contributed by atoms with E-state index in [0.717, 1.165) is 18.5 Å². The van der Waals surface area contributed by atoms with Crippen LogP contribution in [0.25, 0.3) is 0 Å². The minimum Gasteiger partial charge on any atom is -0.374 e. The molecule has 28 heavy (non-hydrogen) atoms. The van der Waals surface area contributed by atoms with Gasteiger partial charge in [-0.1, -0.05) is 0 Å². The van der Waals surface area contributed by atoms with Gasteiger partial charge in [-0.05, 0) is 38.8 Å². The van der Waals surface area contributed by atoms with Gasteiger partial charge in [-0.2, -0.15) is 13.2 Å². The fraction of sp³-hybridized carbons (Fsp3) is 0.526. The lowest BCUT2D eigenvalue weighted by Gasteiger charge is -2.36. The van der Waals surface area contributed by atoms with E-state index in [2.05, 4.69) is 9.97 Å². The normalized spacial score (nSPS) is 21.9. The molecular formula is C19H21F3N4O2. The molecule has 2 aromatic heterocycles. The largest absolute Gasteiger partial charge is 0.424 e. The molecule has 2 aliphatic rings. The molecule has 0 unspecified atom stereocenters. The van der Waals surface area contributed by atoms with E-state index in [1.165, 1.54) is 10.8 Å². The number of amides is 1. The lowest BCUT2D eigenvalue weighted by molar-refractivity contribution is -0.263. The van der Waals surface area contributed by atoms with E-state index in [1.807, 2.05) is 0 Å². The maximum absolute atomic E-state index is 13.3. The van der Waals surface area contributed by atoms with Crippen LogP contribution in [0.15, 0.2) is 24.5 Å². The summed E-state index contributed by atoms with van der Waals surface area (Å²) in [5, 5.41) is 10.0. The third-order valence-electron chi connectivity index (χ3n) is 5.45. The predicted molar refractivity (Wildman–Crippen MR) is 93.5 cm³/mol. The molecule has 4 rings (SSSR count). The number of aliphatic hydroxyl groups is 1. The zero-order chi connectivity index (χ0) is 20.3. The molecule has 2 atom stereocenters. The lowest BCUT2D eigenvalue weighted by atomic mass is 10.0. The summed E-state index contributed by atoms with van der Waals surface area (Å²) in [7, 11) is 0. The van der Waals surface area contributed by atoms with Crippen LogP contribution in [0.2, 0.25) is 0 Å². The van der Waals surface area contributed by atoms with Crippen molar-refractivity contribution in [2.24, 2.45) is 0 Å². The molecule has 1 aliphatic heterocycles. The van der Waals surface area contributed by atoms with Crippen molar-refractivity contribution >= 4 is 5.91 Å². The SMILES string of the molecule is C[C@H]1CN(C(=O)c2ccnc(C3CC3)c2)Cc2cnc([C@@](C)(O)C(F)(F)F)n21. The smallest absolute Gasteiger partial charge is 0.374 e. The molecule has 2 aromatic rings. The first kappa shape index (κ1) is 18.9. The van der Waals surface area contributed by atoms with Gasteiger partial charge in [0.05, 0.1) is 24.5 Å². The Labute approximate surface area is 160 Å². The lowest BCUT2D eigenvalue weighted by Crippen LogP contribution is -2.45. The van der Waals surface area contributed by atoms with Gasteiger partial charge >= 0.3 is 6.18 Å². The monoisotopic (exact) mass is 394 g/mol. The maximum Gasteiger partial charge on any atom is 0.424 e. The fourth-order valence-corrected chi connectivity index (χ4v) is 3.67. The van der Waals surface area contributed by atoms with Crippen LogP contribution in [-0.4, -0.2) is 43.2 Å². The Morgan fingerprint density at radius 3 is 2.64 bits per heavy atom. The van der Waals surface area contributed by atoms with Crippen LogP contribution in [-0.2, 0) is 12.1 Å². The van der Waals surface area contributed by atoms with Crippen LogP contribution in [0.1, 0.15) is 66.2 Å². The van der Waals surface area contributed by atoms with Crippen molar-refractivity contribution in [3.63, 3.8) is 0 Å². The van der Waals surface area contributed by atoms with Crippen LogP contribution in [0.5, 0.6) is 0 Å². The van der Waals surface area contributed by atoms with Gasteiger partial charge in [0.2, 0.25) is 5.60 Å². The zero-order valence-electron chi connectivity index (χ0n) is 15.6. The molecule has 9 heteroatoms. The number of fused-ring (bicyclic) bond motifs is 1. The number of pyridine rings is 1. The number of hydrogen-bond acceptors (Lipinski definition) is 4. The molecule has 1 aliphatic carbocycles. The van der Waals surface area contributed by atoms with Crippen LogP contribution in [0, 0.1) is 0 Å². The predicted octanol–water partition coefficient (Wildman–Crippen LogP) is 3.14. The molecule has 0 radical (unpaired) electrons. The van der Waals surface area contributed by atoms with Crippen molar-refractivity contribution in [3.8, 4) is 0 Å². The Morgan fingerprint density at radius 2 is 2.00 bits per heavy atom. The second-order valence-electron chi connectivity index (χ2n) is 7.79. The molecule has 6 nitrogen and oxygen atoms in total. The number of carbonyl (C=O) groups excluding carboxylic acids is 1. The Kier molecular flexibility index (Phi) is 4.26. The average Bonchev–Trinajstić information content (AvgIpc) is 3.39. The van der Waals surface area contributed by atoms with Gasteiger partial charge in [-0.15, -0.1) is 0 Å². The summed E-state index contributed by atoms with van der Waals surface area (Å²) in [4.78, 5) is 22.7. The Morgan fingerprint density at radius 1 is 1.29 bits per heavy atom. The zero-order valence-corrected chi connectivity index (χ0v) is 15.6. The van der Waals surface area contributed by atoms with E-state index < -0.39 is 23.6 Å². The second kappa shape index (κ2) is 6.30. The topological polar surface area (TPSA) is 71.2 Å². The minimum absolute atomic E-state index is 0.130. The third-order valence-corrected chi connectivity index (χ3v) is 5.45. The number of aromatic nitrogens is 3. The molecule has 1 amide bonds. The molecule has 1 saturated carbocycles. The van der Waals surface area contributed by atoms with E-state index >= 15 is 0 Å². The number of halogens is 3. The number of rotatable bonds is 3. The van der Waals surface area contributed by atoms with Crippen molar-refractivity contribution < 1.29 is 23.1 Å². The van der Waals surface area contributed by atoms with Crippen molar-refractivity contribution in [1.29, 1.82) is 0 Å². The first-order valence-electron chi connectivity index (χ1n) is 9.20. The van der Waals surface area contributed by atoms with Gasteiger partial charge in [-0.25, -0.2) is 4.98 Å². The van der Waals surface area contributed by atoms with Crippen molar-refractivity contribution in [1.82, 2.24) is 19.4 Å². The van der Waals surface area contributed by atoms with Gasteiger partial charge in [0, 0.05) is 29.9 Å². The highest BCUT2D eigenvalue weighted by Gasteiger charge is 2.55. The quantitative estimate of drug-likeness (QED) is 0.868. The minimum atomic E-state index is -4.85. The molecule has 1 N–H and O–H groups in total. The summed E-state index contributed by atoms with van der Waals surface area (Å²) in [6, 6.07) is 3.00. The number of imidazole rings is 1. The Bertz CT molecular complexity index is 918. The van der Waals surface area contributed by atoms with Crippen molar-refractivity contribution in [3.05, 3.63) is 47.3 Å². The first-order valence-corrected chi connectivity index (χ1v) is 9.20. The molecule has 0 saturated heterocycles. The van der Waals surface area contributed by atoms with Crippen LogP contribution in [0.4, 0.5) is 13.2 Å². The molecule has 0 aromatic carbocycles. The Hall–Kier alpha value is -2.42. The first-order chi connectivity index (χ1) is 13.1. The van der Waals surface area contributed by atoms with Gasteiger partial charge in [0.15, 0.2) is 5.82 Å². The molecule has 150 valence electrons. The highest BCUT2D eigenvalue weighted by molar-refractivity contribution is 5.94. The highest BCUT2D eigenvalue weighted by atomic mass is 19.4. The van der Waals surface area contributed by atoms with E-state index in [0.29, 0.717) is 24.1 Å². The summed E-state index contributed by atoms with van der Waals surface area (Å²) in [6.45, 7) is 2.77. The van der Waals surface area contributed by atoms with E-state index in [4.69, 9.17) is 0 Å². The van der Waals surface area contributed by atoms with E-state index in [-0.39, 0.29) is 19.0 Å².